The molecule has 16 heavy (non-hydrogen) atoms. The molecule has 1 rings (SSSR count). The van der Waals surface area contributed by atoms with Crippen LogP contribution in [0.4, 0.5) is 0 Å². The van der Waals surface area contributed by atoms with E-state index >= 15 is 0 Å². The maximum atomic E-state index is 11.3. The Labute approximate surface area is 96.9 Å². The van der Waals surface area contributed by atoms with Crippen LogP contribution in [0.1, 0.15) is 20.3 Å². The third-order valence-electron chi connectivity index (χ3n) is 2.59. The van der Waals surface area contributed by atoms with Gasteiger partial charge in [-0.1, -0.05) is 13.8 Å². The zero-order chi connectivity index (χ0) is 12.2. The van der Waals surface area contributed by atoms with Crippen LogP contribution in [0.5, 0.6) is 0 Å². The van der Waals surface area contributed by atoms with Crippen molar-refractivity contribution in [2.45, 2.75) is 26.3 Å². The van der Waals surface area contributed by atoms with E-state index in [1.165, 1.54) is 0 Å². The van der Waals surface area contributed by atoms with Crippen LogP contribution >= 0.6 is 0 Å². The first-order valence-corrected chi connectivity index (χ1v) is 7.41. The van der Waals surface area contributed by atoms with Crippen LogP contribution < -0.4 is 10.6 Å². The van der Waals surface area contributed by atoms with E-state index in [0.29, 0.717) is 13.0 Å². The predicted molar refractivity (Wildman–Crippen MR) is 62.9 cm³/mol. The highest BCUT2D eigenvalue weighted by atomic mass is 32.2. The first-order valence-electron chi connectivity index (χ1n) is 5.59. The third kappa shape index (κ3) is 4.94. The van der Waals surface area contributed by atoms with Crippen LogP contribution in [0.15, 0.2) is 0 Å². The SMILES string of the molecule is CC(C)NCC(=O)NCC1CCS(=O)(=O)C1. The molecule has 6 heteroatoms. The molecule has 1 fully saturated rings. The van der Waals surface area contributed by atoms with Gasteiger partial charge >= 0.3 is 0 Å². The minimum Gasteiger partial charge on any atom is -0.355 e. The summed E-state index contributed by atoms with van der Waals surface area (Å²) in [6.07, 6.45) is 0.667. The Hall–Kier alpha value is -0.620. The number of hydrogen-bond donors (Lipinski definition) is 2. The van der Waals surface area contributed by atoms with E-state index in [1.807, 2.05) is 13.8 Å². The minimum atomic E-state index is -2.84. The quantitative estimate of drug-likeness (QED) is 0.690. The lowest BCUT2D eigenvalue weighted by atomic mass is 10.1. The van der Waals surface area contributed by atoms with E-state index in [0.717, 1.165) is 0 Å². The van der Waals surface area contributed by atoms with Gasteiger partial charge in [0.05, 0.1) is 18.1 Å². The maximum Gasteiger partial charge on any atom is 0.233 e. The van der Waals surface area contributed by atoms with E-state index in [2.05, 4.69) is 10.6 Å². The first-order chi connectivity index (χ1) is 7.39. The zero-order valence-electron chi connectivity index (χ0n) is 9.82. The number of rotatable bonds is 5. The van der Waals surface area contributed by atoms with E-state index in [9.17, 15) is 13.2 Å². The molecule has 0 radical (unpaired) electrons. The molecule has 1 aliphatic heterocycles. The molecule has 5 nitrogen and oxygen atoms in total. The van der Waals surface area contributed by atoms with Gasteiger partial charge in [-0.25, -0.2) is 8.42 Å². The number of hydrogen-bond acceptors (Lipinski definition) is 4. The Kier molecular flexibility index (Phi) is 4.73. The molecule has 0 bridgehead atoms. The van der Waals surface area contributed by atoms with Gasteiger partial charge in [0.25, 0.3) is 0 Å². The van der Waals surface area contributed by atoms with E-state index in [4.69, 9.17) is 0 Å². The lowest BCUT2D eigenvalue weighted by molar-refractivity contribution is -0.120. The molecule has 94 valence electrons. The van der Waals surface area contributed by atoms with Crippen molar-refractivity contribution in [1.29, 1.82) is 0 Å². The highest BCUT2D eigenvalue weighted by Crippen LogP contribution is 2.17. The largest absolute Gasteiger partial charge is 0.355 e. The summed E-state index contributed by atoms with van der Waals surface area (Å²) in [4.78, 5) is 11.3. The van der Waals surface area contributed by atoms with Crippen LogP contribution in [-0.2, 0) is 14.6 Å². The van der Waals surface area contributed by atoms with Crippen molar-refractivity contribution >= 4 is 15.7 Å². The Balaban J connectivity index is 2.18. The fraction of sp³-hybridized carbons (Fsp3) is 0.900. The molecular weight excluding hydrogens is 228 g/mol. The van der Waals surface area contributed by atoms with Gasteiger partial charge in [-0.05, 0) is 12.3 Å². The second-order valence-corrected chi connectivity index (χ2v) is 6.84. The van der Waals surface area contributed by atoms with E-state index in [1.54, 1.807) is 0 Å². The molecular formula is C10H20N2O3S. The van der Waals surface area contributed by atoms with Crippen molar-refractivity contribution in [1.82, 2.24) is 10.6 Å². The molecule has 0 saturated carbocycles. The van der Waals surface area contributed by atoms with Gasteiger partial charge in [-0.2, -0.15) is 0 Å². The number of nitrogens with one attached hydrogen (secondary N) is 2. The van der Waals surface area contributed by atoms with Crippen LogP contribution in [0.25, 0.3) is 0 Å². The Bertz CT molecular complexity index is 338. The van der Waals surface area contributed by atoms with Crippen LogP contribution in [0, 0.1) is 5.92 Å². The van der Waals surface area contributed by atoms with Gasteiger partial charge in [-0.15, -0.1) is 0 Å². The average molecular weight is 248 g/mol. The lowest BCUT2D eigenvalue weighted by Gasteiger charge is -2.11. The molecule has 0 spiro atoms. The smallest absolute Gasteiger partial charge is 0.233 e. The van der Waals surface area contributed by atoms with Crippen molar-refractivity contribution in [3.63, 3.8) is 0 Å². The summed E-state index contributed by atoms with van der Waals surface area (Å²) in [5.74, 6) is 0.494. The minimum absolute atomic E-state index is 0.0713. The number of carbonyl (C=O) groups excluding carboxylic acids is 1. The molecule has 2 N–H and O–H groups in total. The van der Waals surface area contributed by atoms with E-state index < -0.39 is 9.84 Å². The summed E-state index contributed by atoms with van der Waals surface area (Å²) in [5.41, 5.74) is 0. The van der Waals surface area contributed by atoms with Crippen molar-refractivity contribution in [2.24, 2.45) is 5.92 Å². The normalized spacial score (nSPS) is 23.6. The summed E-state index contributed by atoms with van der Waals surface area (Å²) < 4.78 is 22.4. The standard InChI is InChI=1S/C10H20N2O3S/c1-8(2)11-6-10(13)12-5-9-3-4-16(14,15)7-9/h8-9,11H,3-7H2,1-2H3,(H,12,13). The maximum absolute atomic E-state index is 11.3. The second kappa shape index (κ2) is 5.63. The molecule has 1 saturated heterocycles. The molecule has 1 atom stereocenters. The summed E-state index contributed by atoms with van der Waals surface area (Å²) in [7, 11) is -2.84. The fourth-order valence-corrected chi connectivity index (χ4v) is 3.51. The van der Waals surface area contributed by atoms with Crippen LogP contribution in [0.3, 0.4) is 0 Å². The van der Waals surface area contributed by atoms with Gasteiger partial charge in [0.15, 0.2) is 9.84 Å². The highest BCUT2D eigenvalue weighted by Gasteiger charge is 2.27. The van der Waals surface area contributed by atoms with Crippen molar-refractivity contribution in [3.8, 4) is 0 Å². The molecule has 1 heterocycles. The van der Waals surface area contributed by atoms with Crippen molar-refractivity contribution < 1.29 is 13.2 Å². The Morgan fingerprint density at radius 1 is 1.44 bits per heavy atom. The predicted octanol–water partition coefficient (Wildman–Crippen LogP) is -0.465. The molecule has 0 aliphatic carbocycles. The summed E-state index contributed by atoms with van der Waals surface area (Å²) in [5, 5.41) is 5.76. The topological polar surface area (TPSA) is 75.3 Å². The molecule has 0 aromatic heterocycles. The number of amides is 1. The summed E-state index contributed by atoms with van der Waals surface area (Å²) in [6.45, 7) is 4.70. The fourth-order valence-electron chi connectivity index (χ4n) is 1.65. The molecule has 1 unspecified atom stereocenters. The van der Waals surface area contributed by atoms with Gasteiger partial charge in [0, 0.05) is 12.6 Å². The van der Waals surface area contributed by atoms with Crippen LogP contribution in [0.2, 0.25) is 0 Å². The number of carbonyl (C=O) groups is 1. The van der Waals surface area contributed by atoms with Gasteiger partial charge in [-0.3, -0.25) is 4.79 Å². The highest BCUT2D eigenvalue weighted by molar-refractivity contribution is 7.91. The van der Waals surface area contributed by atoms with Crippen molar-refractivity contribution in [2.75, 3.05) is 24.6 Å². The van der Waals surface area contributed by atoms with Crippen molar-refractivity contribution in [3.05, 3.63) is 0 Å². The molecule has 1 amide bonds. The third-order valence-corrected chi connectivity index (χ3v) is 4.42. The average Bonchev–Trinajstić information content (AvgIpc) is 2.52. The van der Waals surface area contributed by atoms with Crippen LogP contribution in [-0.4, -0.2) is 45.0 Å². The molecule has 0 aromatic carbocycles. The van der Waals surface area contributed by atoms with Gasteiger partial charge in [0.2, 0.25) is 5.91 Å². The second-order valence-electron chi connectivity index (χ2n) is 4.61. The van der Waals surface area contributed by atoms with Gasteiger partial charge < -0.3 is 10.6 Å². The van der Waals surface area contributed by atoms with E-state index in [-0.39, 0.29) is 35.9 Å². The summed E-state index contributed by atoms with van der Waals surface area (Å²) >= 11 is 0. The Morgan fingerprint density at radius 2 is 2.12 bits per heavy atom. The van der Waals surface area contributed by atoms with Gasteiger partial charge in [0.1, 0.15) is 0 Å². The summed E-state index contributed by atoms with van der Waals surface area (Å²) in [6, 6.07) is 0.276. The lowest BCUT2D eigenvalue weighted by Crippen LogP contribution is -2.39. The zero-order valence-corrected chi connectivity index (χ0v) is 10.6. The monoisotopic (exact) mass is 248 g/mol. The molecule has 0 aromatic rings. The number of sulfone groups is 1. The molecule has 1 aliphatic rings. The first kappa shape index (κ1) is 13.4. The Morgan fingerprint density at radius 3 is 2.62 bits per heavy atom.